The largest absolute Gasteiger partial charge is 0.489 e. The second kappa shape index (κ2) is 8.12. The van der Waals surface area contributed by atoms with Crippen molar-refractivity contribution in [1.82, 2.24) is 10.2 Å². The number of ether oxygens (including phenoxy) is 1. The van der Waals surface area contributed by atoms with Crippen LogP contribution in [-0.4, -0.2) is 38.7 Å². The van der Waals surface area contributed by atoms with Crippen molar-refractivity contribution >= 4 is 0 Å². The lowest BCUT2D eigenvalue weighted by molar-refractivity contribution is 0.249. The Bertz CT molecular complexity index is 380. The molecular weight excluding hydrogens is 243 g/mol. The summed E-state index contributed by atoms with van der Waals surface area (Å²) in [6, 6.07) is 5.07. The number of halogens is 1. The van der Waals surface area contributed by atoms with Crippen LogP contribution in [0, 0.1) is 11.7 Å². The molecular formula is C15H25FN2O. The van der Waals surface area contributed by atoms with E-state index in [0.29, 0.717) is 24.8 Å². The highest BCUT2D eigenvalue weighted by Crippen LogP contribution is 2.22. The third kappa shape index (κ3) is 6.03. The van der Waals surface area contributed by atoms with Crippen molar-refractivity contribution in [3.05, 3.63) is 29.6 Å². The van der Waals surface area contributed by atoms with Gasteiger partial charge in [-0.05, 0) is 32.6 Å². The fourth-order valence-corrected chi connectivity index (χ4v) is 1.68. The third-order valence-electron chi connectivity index (χ3n) is 2.70. The molecule has 0 aromatic heterocycles. The Morgan fingerprint density at radius 3 is 2.68 bits per heavy atom. The van der Waals surface area contributed by atoms with Crippen LogP contribution in [-0.2, 0) is 6.54 Å². The minimum absolute atomic E-state index is 0.289. The third-order valence-corrected chi connectivity index (χ3v) is 2.70. The first kappa shape index (κ1) is 15.9. The Kier molecular flexibility index (Phi) is 6.81. The minimum Gasteiger partial charge on any atom is -0.489 e. The first-order chi connectivity index (χ1) is 9.00. The number of nitrogens with zero attached hydrogens (tertiary/aromatic N) is 1. The molecule has 0 aliphatic carbocycles. The average Bonchev–Trinajstić information content (AvgIpc) is 2.31. The van der Waals surface area contributed by atoms with Crippen molar-refractivity contribution < 1.29 is 9.13 Å². The van der Waals surface area contributed by atoms with E-state index >= 15 is 0 Å². The zero-order valence-electron chi connectivity index (χ0n) is 12.4. The molecule has 0 unspecified atom stereocenters. The van der Waals surface area contributed by atoms with Crippen LogP contribution >= 0.6 is 0 Å². The van der Waals surface area contributed by atoms with E-state index in [9.17, 15) is 4.39 Å². The lowest BCUT2D eigenvalue weighted by Gasteiger charge is -2.15. The van der Waals surface area contributed by atoms with Gasteiger partial charge in [0, 0.05) is 18.7 Å². The van der Waals surface area contributed by atoms with E-state index in [0.717, 1.165) is 18.7 Å². The van der Waals surface area contributed by atoms with Gasteiger partial charge in [-0.25, -0.2) is 4.39 Å². The Morgan fingerprint density at radius 1 is 1.32 bits per heavy atom. The Balaban J connectivity index is 2.61. The standard InChI is InChI=1S/C15H25FN2O/c1-12(2)10-17-11-13-6-5-7-14(16)15(13)19-9-8-18(3)4/h5-7,12,17H,8-11H2,1-4H3. The number of hydrogen-bond donors (Lipinski definition) is 1. The van der Waals surface area contributed by atoms with E-state index in [2.05, 4.69) is 19.2 Å². The first-order valence-corrected chi connectivity index (χ1v) is 6.76. The monoisotopic (exact) mass is 268 g/mol. The molecule has 0 fully saturated rings. The molecule has 3 nitrogen and oxygen atoms in total. The molecule has 108 valence electrons. The van der Waals surface area contributed by atoms with Crippen LogP contribution in [0.15, 0.2) is 18.2 Å². The van der Waals surface area contributed by atoms with Crippen LogP contribution in [0.4, 0.5) is 4.39 Å². The molecule has 0 aliphatic rings. The van der Waals surface area contributed by atoms with Crippen LogP contribution in [0.2, 0.25) is 0 Å². The molecule has 1 aromatic carbocycles. The van der Waals surface area contributed by atoms with Crippen molar-refractivity contribution in [2.24, 2.45) is 5.92 Å². The van der Waals surface area contributed by atoms with Gasteiger partial charge in [-0.2, -0.15) is 0 Å². The molecule has 1 rings (SSSR count). The van der Waals surface area contributed by atoms with Gasteiger partial charge in [0.2, 0.25) is 0 Å². The molecule has 0 aliphatic heterocycles. The SMILES string of the molecule is CC(C)CNCc1cccc(F)c1OCCN(C)C. The zero-order valence-corrected chi connectivity index (χ0v) is 12.4. The highest BCUT2D eigenvalue weighted by atomic mass is 19.1. The van der Waals surface area contributed by atoms with E-state index < -0.39 is 0 Å². The predicted octanol–water partition coefficient (Wildman–Crippen LogP) is 2.51. The van der Waals surface area contributed by atoms with Crippen LogP contribution in [0.25, 0.3) is 0 Å². The highest BCUT2D eigenvalue weighted by molar-refractivity contribution is 5.34. The second-order valence-corrected chi connectivity index (χ2v) is 5.40. The molecule has 1 aromatic rings. The number of rotatable bonds is 8. The van der Waals surface area contributed by atoms with Gasteiger partial charge in [0.25, 0.3) is 0 Å². The zero-order chi connectivity index (χ0) is 14.3. The van der Waals surface area contributed by atoms with E-state index in [1.165, 1.54) is 6.07 Å². The smallest absolute Gasteiger partial charge is 0.165 e. The van der Waals surface area contributed by atoms with Crippen molar-refractivity contribution in [2.75, 3.05) is 33.8 Å². The molecule has 0 amide bonds. The van der Waals surface area contributed by atoms with Gasteiger partial charge in [0.15, 0.2) is 11.6 Å². The first-order valence-electron chi connectivity index (χ1n) is 6.76. The maximum Gasteiger partial charge on any atom is 0.165 e. The maximum absolute atomic E-state index is 13.8. The lowest BCUT2D eigenvalue weighted by atomic mass is 10.1. The van der Waals surface area contributed by atoms with Crippen LogP contribution in [0.1, 0.15) is 19.4 Å². The number of para-hydroxylation sites is 1. The van der Waals surface area contributed by atoms with Crippen LogP contribution in [0.3, 0.4) is 0 Å². The Morgan fingerprint density at radius 2 is 2.05 bits per heavy atom. The molecule has 0 bridgehead atoms. The summed E-state index contributed by atoms with van der Waals surface area (Å²) >= 11 is 0. The number of hydrogen-bond acceptors (Lipinski definition) is 3. The van der Waals surface area contributed by atoms with Crippen molar-refractivity contribution in [1.29, 1.82) is 0 Å². The van der Waals surface area contributed by atoms with Gasteiger partial charge in [-0.15, -0.1) is 0 Å². The summed E-state index contributed by atoms with van der Waals surface area (Å²) in [7, 11) is 3.94. The Hall–Kier alpha value is -1.13. The normalized spacial score (nSPS) is 11.3. The average molecular weight is 268 g/mol. The molecule has 4 heteroatoms. The molecule has 0 radical (unpaired) electrons. The molecule has 19 heavy (non-hydrogen) atoms. The molecule has 0 spiro atoms. The minimum atomic E-state index is -0.289. The summed E-state index contributed by atoms with van der Waals surface area (Å²) in [5, 5.41) is 3.31. The van der Waals surface area contributed by atoms with E-state index in [1.807, 2.05) is 25.1 Å². The number of nitrogens with one attached hydrogen (secondary N) is 1. The van der Waals surface area contributed by atoms with E-state index in [4.69, 9.17) is 4.74 Å². The maximum atomic E-state index is 13.8. The predicted molar refractivity (Wildman–Crippen MR) is 77.0 cm³/mol. The quantitative estimate of drug-likeness (QED) is 0.784. The summed E-state index contributed by atoms with van der Waals surface area (Å²) in [5.74, 6) is 0.662. The van der Waals surface area contributed by atoms with Crippen molar-refractivity contribution in [2.45, 2.75) is 20.4 Å². The summed E-state index contributed by atoms with van der Waals surface area (Å²) in [6.45, 7) is 7.10. The van der Waals surface area contributed by atoms with Crippen LogP contribution < -0.4 is 10.1 Å². The van der Waals surface area contributed by atoms with Crippen molar-refractivity contribution in [3.63, 3.8) is 0 Å². The summed E-state index contributed by atoms with van der Waals surface area (Å²) in [4.78, 5) is 2.01. The van der Waals surface area contributed by atoms with Crippen LogP contribution in [0.5, 0.6) is 5.75 Å². The Labute approximate surface area is 115 Å². The summed E-state index contributed by atoms with van der Waals surface area (Å²) in [6.07, 6.45) is 0. The van der Waals surface area contributed by atoms with Gasteiger partial charge < -0.3 is 15.0 Å². The molecule has 0 saturated heterocycles. The second-order valence-electron chi connectivity index (χ2n) is 5.40. The van der Waals surface area contributed by atoms with E-state index in [-0.39, 0.29) is 5.82 Å². The van der Waals surface area contributed by atoms with Gasteiger partial charge in [-0.1, -0.05) is 26.0 Å². The molecule has 0 heterocycles. The van der Waals surface area contributed by atoms with Gasteiger partial charge >= 0.3 is 0 Å². The van der Waals surface area contributed by atoms with E-state index in [1.54, 1.807) is 6.07 Å². The molecule has 0 saturated carbocycles. The molecule has 0 atom stereocenters. The number of benzene rings is 1. The lowest BCUT2D eigenvalue weighted by Crippen LogP contribution is -2.22. The summed E-state index contributed by atoms with van der Waals surface area (Å²) in [5.41, 5.74) is 0.874. The van der Waals surface area contributed by atoms with Gasteiger partial charge in [0.1, 0.15) is 6.61 Å². The topological polar surface area (TPSA) is 24.5 Å². The fourth-order valence-electron chi connectivity index (χ4n) is 1.68. The highest BCUT2D eigenvalue weighted by Gasteiger charge is 2.09. The summed E-state index contributed by atoms with van der Waals surface area (Å²) < 4.78 is 19.4. The fraction of sp³-hybridized carbons (Fsp3) is 0.600. The van der Waals surface area contributed by atoms with Gasteiger partial charge in [0.05, 0.1) is 0 Å². The molecule has 1 N–H and O–H groups in total. The van der Waals surface area contributed by atoms with Crippen molar-refractivity contribution in [3.8, 4) is 5.75 Å². The number of likely N-dealkylation sites (N-methyl/N-ethyl adjacent to an activating group) is 1. The van der Waals surface area contributed by atoms with Gasteiger partial charge in [-0.3, -0.25) is 0 Å².